The molecule has 0 bridgehead atoms. The van der Waals surface area contributed by atoms with Crippen LogP contribution in [0.2, 0.25) is 0 Å². The van der Waals surface area contributed by atoms with Crippen LogP contribution < -0.4 is 10.3 Å². The summed E-state index contributed by atoms with van der Waals surface area (Å²) in [6.07, 6.45) is 1.47. The highest BCUT2D eigenvalue weighted by Crippen LogP contribution is 2.25. The fraction of sp³-hybridized carbons (Fsp3) is 0.250. The van der Waals surface area contributed by atoms with Crippen molar-refractivity contribution in [1.82, 2.24) is 14.7 Å². The van der Waals surface area contributed by atoms with E-state index in [-0.39, 0.29) is 28.9 Å². The second-order valence-corrected chi connectivity index (χ2v) is 7.57. The summed E-state index contributed by atoms with van der Waals surface area (Å²) in [7, 11) is 1.51. The van der Waals surface area contributed by atoms with E-state index in [0.29, 0.717) is 24.4 Å². The molecule has 0 N–H and O–H groups in total. The number of nitrogens with zero attached hydrogens (tertiary/aromatic N) is 3. The Labute approximate surface area is 179 Å². The molecule has 0 spiro atoms. The molecule has 1 aromatic heterocycles. The van der Waals surface area contributed by atoms with Gasteiger partial charge in [0, 0.05) is 37.7 Å². The zero-order chi connectivity index (χ0) is 21.8. The van der Waals surface area contributed by atoms with Gasteiger partial charge >= 0.3 is 0 Å². The van der Waals surface area contributed by atoms with E-state index in [1.165, 1.54) is 19.2 Å². The minimum absolute atomic E-state index is 0.0113. The maximum atomic E-state index is 13.0. The number of hydrogen-bond acceptors (Lipinski definition) is 5. The van der Waals surface area contributed by atoms with Crippen molar-refractivity contribution in [3.63, 3.8) is 0 Å². The van der Waals surface area contributed by atoms with Crippen molar-refractivity contribution in [2.75, 3.05) is 13.1 Å². The summed E-state index contributed by atoms with van der Waals surface area (Å²) < 4.78 is 6.92. The number of piperidine rings is 1. The minimum Gasteiger partial charge on any atom is -0.457 e. The number of Topliss-reactive ketones (excluding diaryl/α,β-unsaturated/α-hetero) is 1. The van der Waals surface area contributed by atoms with Gasteiger partial charge in [0.1, 0.15) is 17.2 Å². The maximum absolute atomic E-state index is 13.0. The minimum atomic E-state index is -0.275. The number of ketones is 1. The number of amides is 1. The van der Waals surface area contributed by atoms with E-state index in [4.69, 9.17) is 4.74 Å². The molecule has 31 heavy (non-hydrogen) atoms. The molecule has 1 aliphatic rings. The molecule has 2 aromatic carbocycles. The molecule has 1 atom stereocenters. The average Bonchev–Trinajstić information content (AvgIpc) is 2.81. The first kappa shape index (κ1) is 20.5. The first-order valence-electron chi connectivity index (χ1n) is 10.2. The van der Waals surface area contributed by atoms with Crippen molar-refractivity contribution in [2.45, 2.75) is 12.8 Å². The SMILES string of the molecule is Cn1nc(C(=O)N2CCC[C@@H](C(=O)c3ccc(Oc4ccccc4)cc3)C2)ccc1=O. The van der Waals surface area contributed by atoms with Gasteiger partial charge in [0.25, 0.3) is 11.5 Å². The lowest BCUT2D eigenvalue weighted by molar-refractivity contribution is 0.0630. The molecule has 7 heteroatoms. The molecule has 1 fully saturated rings. The van der Waals surface area contributed by atoms with Crippen LogP contribution >= 0.6 is 0 Å². The number of carbonyl (C=O) groups is 2. The summed E-state index contributed by atoms with van der Waals surface area (Å²) in [5.41, 5.74) is 0.528. The first-order chi connectivity index (χ1) is 15.0. The Kier molecular flexibility index (Phi) is 5.93. The second kappa shape index (κ2) is 8.95. The highest BCUT2D eigenvalue weighted by atomic mass is 16.5. The highest BCUT2D eigenvalue weighted by molar-refractivity contribution is 5.99. The Balaban J connectivity index is 1.43. The van der Waals surface area contributed by atoms with Crippen LogP contribution in [0.25, 0.3) is 0 Å². The zero-order valence-corrected chi connectivity index (χ0v) is 17.2. The molecule has 2 heterocycles. The number of para-hydroxylation sites is 1. The third-order valence-corrected chi connectivity index (χ3v) is 5.38. The largest absolute Gasteiger partial charge is 0.457 e. The number of likely N-dealkylation sites (tertiary alicyclic amines) is 1. The lowest BCUT2D eigenvalue weighted by Gasteiger charge is -2.31. The Hall–Kier alpha value is -3.74. The summed E-state index contributed by atoms with van der Waals surface area (Å²) in [6, 6.07) is 19.3. The number of carbonyl (C=O) groups excluding carboxylic acids is 2. The van der Waals surface area contributed by atoms with E-state index >= 15 is 0 Å². The predicted molar refractivity (Wildman–Crippen MR) is 115 cm³/mol. The zero-order valence-electron chi connectivity index (χ0n) is 17.2. The fourth-order valence-electron chi connectivity index (χ4n) is 3.70. The van der Waals surface area contributed by atoms with Crippen molar-refractivity contribution in [3.8, 4) is 11.5 Å². The molecular weight excluding hydrogens is 394 g/mol. The van der Waals surface area contributed by atoms with Gasteiger partial charge in [-0.15, -0.1) is 0 Å². The number of ether oxygens (including phenoxy) is 1. The fourth-order valence-corrected chi connectivity index (χ4v) is 3.70. The lowest BCUT2D eigenvalue weighted by atomic mass is 9.90. The predicted octanol–water partition coefficient (Wildman–Crippen LogP) is 3.31. The van der Waals surface area contributed by atoms with Crippen LogP contribution in [-0.4, -0.2) is 39.5 Å². The first-order valence-corrected chi connectivity index (χ1v) is 10.2. The summed E-state index contributed by atoms with van der Waals surface area (Å²) in [5.74, 6) is 0.863. The van der Waals surface area contributed by atoms with Crippen LogP contribution in [0, 0.1) is 5.92 Å². The molecule has 1 saturated heterocycles. The van der Waals surface area contributed by atoms with Gasteiger partial charge in [-0.2, -0.15) is 5.10 Å². The summed E-state index contributed by atoms with van der Waals surface area (Å²) in [5, 5.41) is 4.03. The summed E-state index contributed by atoms with van der Waals surface area (Å²) in [6.45, 7) is 0.904. The van der Waals surface area contributed by atoms with Gasteiger partial charge in [-0.3, -0.25) is 14.4 Å². The Morgan fingerprint density at radius 1 is 0.968 bits per heavy atom. The maximum Gasteiger partial charge on any atom is 0.274 e. The summed E-state index contributed by atoms with van der Waals surface area (Å²) >= 11 is 0. The number of benzene rings is 2. The van der Waals surface area contributed by atoms with Gasteiger partial charge in [0.15, 0.2) is 5.78 Å². The van der Waals surface area contributed by atoms with Gasteiger partial charge in [-0.05, 0) is 55.3 Å². The van der Waals surface area contributed by atoms with Crippen LogP contribution in [0.3, 0.4) is 0 Å². The lowest BCUT2D eigenvalue weighted by Crippen LogP contribution is -2.43. The van der Waals surface area contributed by atoms with Gasteiger partial charge < -0.3 is 9.64 Å². The van der Waals surface area contributed by atoms with E-state index in [1.807, 2.05) is 30.3 Å². The smallest absolute Gasteiger partial charge is 0.274 e. The van der Waals surface area contributed by atoms with Gasteiger partial charge in [0.2, 0.25) is 0 Å². The monoisotopic (exact) mass is 417 g/mol. The van der Waals surface area contributed by atoms with Crippen molar-refractivity contribution in [3.05, 3.63) is 88.3 Å². The van der Waals surface area contributed by atoms with Crippen molar-refractivity contribution < 1.29 is 14.3 Å². The van der Waals surface area contributed by atoms with Crippen molar-refractivity contribution in [2.24, 2.45) is 13.0 Å². The van der Waals surface area contributed by atoms with E-state index in [9.17, 15) is 14.4 Å². The molecule has 0 saturated carbocycles. The van der Waals surface area contributed by atoms with Crippen LogP contribution in [0.4, 0.5) is 0 Å². The van der Waals surface area contributed by atoms with Crippen LogP contribution in [0.1, 0.15) is 33.7 Å². The van der Waals surface area contributed by atoms with E-state index in [1.54, 1.807) is 29.2 Å². The summed E-state index contributed by atoms with van der Waals surface area (Å²) in [4.78, 5) is 39.0. The molecule has 0 unspecified atom stereocenters. The van der Waals surface area contributed by atoms with Crippen molar-refractivity contribution in [1.29, 1.82) is 0 Å². The average molecular weight is 417 g/mol. The molecule has 3 aromatic rings. The topological polar surface area (TPSA) is 81.5 Å². The highest BCUT2D eigenvalue weighted by Gasteiger charge is 2.30. The second-order valence-electron chi connectivity index (χ2n) is 7.57. The number of rotatable bonds is 5. The van der Waals surface area contributed by atoms with Crippen LogP contribution in [-0.2, 0) is 7.05 Å². The quantitative estimate of drug-likeness (QED) is 0.595. The molecule has 158 valence electrons. The van der Waals surface area contributed by atoms with E-state index in [2.05, 4.69) is 5.10 Å². The molecule has 1 amide bonds. The molecule has 7 nitrogen and oxygen atoms in total. The van der Waals surface area contributed by atoms with Crippen LogP contribution in [0.15, 0.2) is 71.5 Å². The van der Waals surface area contributed by atoms with Crippen molar-refractivity contribution >= 4 is 11.7 Å². The Bertz CT molecular complexity index is 1140. The Morgan fingerprint density at radius 2 is 1.68 bits per heavy atom. The molecular formula is C24H23N3O4. The standard InChI is InChI=1S/C24H23N3O4/c1-26-22(28)14-13-21(25-26)24(30)27-15-5-6-18(16-27)23(29)17-9-11-20(12-10-17)31-19-7-3-2-4-8-19/h2-4,7-14,18H,5-6,15-16H2,1H3/t18-/m1/s1. The Morgan fingerprint density at radius 3 is 2.39 bits per heavy atom. The van der Waals surface area contributed by atoms with E-state index < -0.39 is 0 Å². The van der Waals surface area contributed by atoms with Gasteiger partial charge in [-0.1, -0.05) is 18.2 Å². The van der Waals surface area contributed by atoms with Crippen LogP contribution in [0.5, 0.6) is 11.5 Å². The third-order valence-electron chi connectivity index (χ3n) is 5.38. The third kappa shape index (κ3) is 4.71. The molecule has 1 aliphatic heterocycles. The molecule has 0 aliphatic carbocycles. The van der Waals surface area contributed by atoms with Gasteiger partial charge in [-0.25, -0.2) is 4.68 Å². The molecule has 0 radical (unpaired) electrons. The number of hydrogen-bond donors (Lipinski definition) is 0. The van der Waals surface area contributed by atoms with E-state index in [0.717, 1.165) is 23.3 Å². The normalized spacial score (nSPS) is 16.0. The number of aromatic nitrogens is 2. The van der Waals surface area contributed by atoms with Gasteiger partial charge in [0.05, 0.1) is 0 Å². The molecule has 4 rings (SSSR count). The number of aryl methyl sites for hydroxylation is 1.